The van der Waals surface area contributed by atoms with Crippen molar-refractivity contribution in [3.63, 3.8) is 0 Å². The van der Waals surface area contributed by atoms with Crippen molar-refractivity contribution in [2.75, 3.05) is 4.90 Å². The number of carbonyl (C=O) groups is 2. The molecule has 0 aromatic heterocycles. The number of ether oxygens (including phenoxy) is 1. The minimum Gasteiger partial charge on any atom is -0.481 e. The summed E-state index contributed by atoms with van der Waals surface area (Å²) in [7, 11) is 0. The maximum absolute atomic E-state index is 13.1. The molecule has 1 spiro atoms. The lowest BCUT2D eigenvalue weighted by Gasteiger charge is -2.32. The van der Waals surface area contributed by atoms with Crippen LogP contribution in [0.5, 0.6) is 0 Å². The molecule has 23 heavy (non-hydrogen) atoms. The van der Waals surface area contributed by atoms with Crippen LogP contribution in [0.2, 0.25) is 0 Å². The molecule has 5 atom stereocenters. The van der Waals surface area contributed by atoms with Crippen LogP contribution in [0.15, 0.2) is 55.1 Å². The van der Waals surface area contributed by atoms with E-state index in [-0.39, 0.29) is 11.9 Å². The van der Waals surface area contributed by atoms with Gasteiger partial charge in [0.1, 0.15) is 11.5 Å². The Kier molecular flexibility index (Phi) is 2.96. The van der Waals surface area contributed by atoms with E-state index < -0.39 is 29.5 Å². The molecule has 0 radical (unpaired) electrons. The van der Waals surface area contributed by atoms with Gasteiger partial charge in [0.2, 0.25) is 5.91 Å². The third-order valence-corrected chi connectivity index (χ3v) is 5.13. The number of carbonyl (C=O) groups excluding carboxylic acids is 1. The van der Waals surface area contributed by atoms with Gasteiger partial charge in [-0.1, -0.05) is 36.4 Å². The zero-order chi connectivity index (χ0) is 16.2. The minimum atomic E-state index is -0.980. The number of fused-ring (bicyclic) bond motifs is 1. The molecule has 2 saturated heterocycles. The van der Waals surface area contributed by atoms with Gasteiger partial charge in [-0.05, 0) is 18.6 Å². The maximum atomic E-state index is 13.1. The summed E-state index contributed by atoms with van der Waals surface area (Å²) in [6.45, 7) is 3.79. The summed E-state index contributed by atoms with van der Waals surface area (Å²) in [5.41, 5.74) is -0.104. The molecule has 118 valence electrons. The first-order valence-corrected chi connectivity index (χ1v) is 7.69. The van der Waals surface area contributed by atoms with Crippen LogP contribution in [-0.2, 0) is 14.3 Å². The molecule has 3 aliphatic heterocycles. The largest absolute Gasteiger partial charge is 0.481 e. The summed E-state index contributed by atoms with van der Waals surface area (Å²) in [5, 5.41) is 9.57. The summed E-state index contributed by atoms with van der Waals surface area (Å²) >= 11 is 0. The number of aliphatic carboxylic acids is 1. The summed E-state index contributed by atoms with van der Waals surface area (Å²) in [6, 6.07) is 9.05. The fourth-order valence-electron chi connectivity index (χ4n) is 4.27. The summed E-state index contributed by atoms with van der Waals surface area (Å²) in [6.07, 6.45) is 5.44. The maximum Gasteiger partial charge on any atom is 0.310 e. The second-order valence-electron chi connectivity index (χ2n) is 6.22. The highest BCUT2D eigenvalue weighted by Crippen LogP contribution is 2.56. The van der Waals surface area contributed by atoms with Crippen molar-refractivity contribution in [1.29, 1.82) is 0 Å². The second kappa shape index (κ2) is 4.80. The zero-order valence-electron chi connectivity index (χ0n) is 12.5. The van der Waals surface area contributed by atoms with Gasteiger partial charge in [0.15, 0.2) is 0 Å². The lowest BCUT2D eigenvalue weighted by Crippen LogP contribution is -2.45. The molecule has 0 saturated carbocycles. The second-order valence-corrected chi connectivity index (χ2v) is 6.22. The van der Waals surface area contributed by atoms with E-state index in [0.717, 1.165) is 5.69 Å². The van der Waals surface area contributed by atoms with Crippen LogP contribution in [0.3, 0.4) is 0 Å². The van der Waals surface area contributed by atoms with Crippen molar-refractivity contribution in [2.45, 2.75) is 24.2 Å². The first kappa shape index (κ1) is 14.2. The highest BCUT2D eigenvalue weighted by atomic mass is 16.5. The molecule has 5 unspecified atom stereocenters. The number of rotatable bonds is 4. The molecule has 0 aliphatic carbocycles. The van der Waals surface area contributed by atoms with E-state index in [4.69, 9.17) is 4.74 Å². The molecule has 5 heteroatoms. The highest BCUT2D eigenvalue weighted by Gasteiger charge is 2.71. The smallest absolute Gasteiger partial charge is 0.310 e. The molecule has 2 fully saturated rings. The van der Waals surface area contributed by atoms with Gasteiger partial charge in [-0.3, -0.25) is 9.59 Å². The van der Waals surface area contributed by atoms with E-state index in [2.05, 4.69) is 6.58 Å². The Labute approximate surface area is 133 Å². The topological polar surface area (TPSA) is 66.8 Å². The van der Waals surface area contributed by atoms with Crippen LogP contribution in [0.1, 0.15) is 6.42 Å². The van der Waals surface area contributed by atoms with Crippen molar-refractivity contribution in [3.05, 3.63) is 55.1 Å². The van der Waals surface area contributed by atoms with Gasteiger partial charge in [-0.2, -0.15) is 0 Å². The van der Waals surface area contributed by atoms with Crippen LogP contribution in [-0.4, -0.2) is 34.7 Å². The highest BCUT2D eigenvalue weighted by molar-refractivity contribution is 6.03. The number of nitrogens with zero attached hydrogens (tertiary/aromatic N) is 1. The van der Waals surface area contributed by atoms with Crippen molar-refractivity contribution in [2.24, 2.45) is 11.8 Å². The van der Waals surface area contributed by atoms with Crippen LogP contribution in [0, 0.1) is 11.8 Å². The average molecular weight is 311 g/mol. The van der Waals surface area contributed by atoms with Crippen LogP contribution >= 0.6 is 0 Å². The van der Waals surface area contributed by atoms with Gasteiger partial charge in [-0.15, -0.1) is 6.58 Å². The van der Waals surface area contributed by atoms with E-state index >= 15 is 0 Å². The average Bonchev–Trinajstić information content (AvgIpc) is 3.18. The fraction of sp³-hybridized carbons (Fsp3) is 0.333. The van der Waals surface area contributed by atoms with E-state index in [9.17, 15) is 14.7 Å². The number of carboxylic acid groups (broad SMARTS) is 1. The third kappa shape index (κ3) is 1.71. The zero-order valence-corrected chi connectivity index (χ0v) is 12.5. The quantitative estimate of drug-likeness (QED) is 0.864. The molecule has 1 aromatic rings. The SMILES string of the molecule is C=CCC1N(c2ccccc2)C(=O)C2C(C(=O)O)C3C=CC21O3. The van der Waals surface area contributed by atoms with Crippen LogP contribution < -0.4 is 4.90 Å². The number of para-hydroxylation sites is 1. The Morgan fingerprint density at radius 2 is 2.13 bits per heavy atom. The van der Waals surface area contributed by atoms with Crippen molar-refractivity contribution in [1.82, 2.24) is 0 Å². The Morgan fingerprint density at radius 1 is 1.39 bits per heavy atom. The van der Waals surface area contributed by atoms with Gasteiger partial charge in [0, 0.05) is 5.69 Å². The van der Waals surface area contributed by atoms with Gasteiger partial charge in [0.05, 0.1) is 18.1 Å². The first-order chi connectivity index (χ1) is 11.1. The molecule has 3 heterocycles. The Hall–Kier alpha value is -2.40. The van der Waals surface area contributed by atoms with Crippen molar-refractivity contribution < 1.29 is 19.4 Å². The predicted molar refractivity (Wildman–Crippen MR) is 83.9 cm³/mol. The minimum absolute atomic E-state index is 0.178. The number of hydrogen-bond donors (Lipinski definition) is 1. The molecule has 1 amide bonds. The van der Waals surface area contributed by atoms with Crippen LogP contribution in [0.4, 0.5) is 5.69 Å². The molecule has 1 aromatic carbocycles. The van der Waals surface area contributed by atoms with Crippen LogP contribution in [0.25, 0.3) is 0 Å². The van der Waals surface area contributed by atoms with Gasteiger partial charge in [0.25, 0.3) is 0 Å². The van der Waals surface area contributed by atoms with Gasteiger partial charge < -0.3 is 14.7 Å². The number of anilines is 1. The van der Waals surface area contributed by atoms with Gasteiger partial charge >= 0.3 is 5.97 Å². The van der Waals surface area contributed by atoms with E-state index in [1.165, 1.54) is 0 Å². The lowest BCUT2D eigenvalue weighted by atomic mass is 9.74. The van der Waals surface area contributed by atoms with E-state index in [0.29, 0.717) is 6.42 Å². The molecule has 1 N–H and O–H groups in total. The fourth-order valence-corrected chi connectivity index (χ4v) is 4.27. The number of amides is 1. The van der Waals surface area contributed by atoms with E-state index in [1.807, 2.05) is 36.4 Å². The molecular formula is C18H17NO4. The molecule has 4 rings (SSSR count). The Morgan fingerprint density at radius 3 is 2.78 bits per heavy atom. The van der Waals surface area contributed by atoms with Crippen molar-refractivity contribution >= 4 is 17.6 Å². The van der Waals surface area contributed by atoms with Gasteiger partial charge in [-0.25, -0.2) is 0 Å². The number of hydrogen-bond acceptors (Lipinski definition) is 3. The van der Waals surface area contributed by atoms with Crippen molar-refractivity contribution in [3.8, 4) is 0 Å². The molecule has 2 bridgehead atoms. The first-order valence-electron chi connectivity index (χ1n) is 7.69. The monoisotopic (exact) mass is 311 g/mol. The summed E-state index contributed by atoms with van der Waals surface area (Å²) in [4.78, 5) is 26.5. The van der Waals surface area contributed by atoms with E-state index in [1.54, 1.807) is 17.1 Å². The summed E-state index contributed by atoms with van der Waals surface area (Å²) < 4.78 is 6.04. The standard InChI is InChI=1S/C18H17NO4/c1-2-6-13-18-10-9-12(23-18)14(17(21)22)15(18)16(20)19(13)11-7-4-3-5-8-11/h2-5,7-10,12-15H,1,6H2,(H,21,22). The Balaban J connectivity index is 1.85. The third-order valence-electron chi connectivity index (χ3n) is 5.13. The number of benzene rings is 1. The number of carboxylic acids is 1. The predicted octanol–water partition coefficient (Wildman–Crippen LogP) is 2.00. The lowest BCUT2D eigenvalue weighted by molar-refractivity contribution is -0.146. The molecular weight excluding hydrogens is 294 g/mol. The Bertz CT molecular complexity index is 713. The molecule has 5 nitrogen and oxygen atoms in total. The molecule has 3 aliphatic rings. The normalized spacial score (nSPS) is 37.2. The summed E-state index contributed by atoms with van der Waals surface area (Å²) in [5.74, 6) is -2.66.